The zero-order valence-electron chi connectivity index (χ0n) is 13.6. The molecule has 3 aliphatic rings. The van der Waals surface area contributed by atoms with Crippen LogP contribution in [-0.4, -0.2) is 60.6 Å². The van der Waals surface area contributed by atoms with Crippen molar-refractivity contribution in [3.8, 4) is 0 Å². The van der Waals surface area contributed by atoms with Gasteiger partial charge in [-0.2, -0.15) is 0 Å². The van der Waals surface area contributed by atoms with Crippen molar-refractivity contribution in [3.05, 3.63) is 0 Å². The van der Waals surface area contributed by atoms with Gasteiger partial charge in [0.1, 0.15) is 5.60 Å². The van der Waals surface area contributed by atoms with E-state index in [9.17, 15) is 4.79 Å². The van der Waals surface area contributed by atoms with Gasteiger partial charge in [-0.25, -0.2) is 0 Å². The van der Waals surface area contributed by atoms with E-state index in [1.165, 1.54) is 12.8 Å². The van der Waals surface area contributed by atoms with Crippen LogP contribution in [-0.2, 0) is 9.53 Å². The zero-order chi connectivity index (χ0) is 14.9. The van der Waals surface area contributed by atoms with Gasteiger partial charge in [0.15, 0.2) is 0 Å². The normalized spacial score (nSPS) is 28.5. The summed E-state index contributed by atoms with van der Waals surface area (Å²) in [6.07, 6.45) is 5.83. The summed E-state index contributed by atoms with van der Waals surface area (Å²) in [5.74, 6) is 1.40. The van der Waals surface area contributed by atoms with Gasteiger partial charge in [-0.15, -0.1) is 0 Å². The molecule has 3 rings (SSSR count). The Morgan fingerprint density at radius 3 is 2.43 bits per heavy atom. The SMILES string of the molecule is CCN(CC)C[C@H]1CCC2(CN(C(=O)C3CCC3)C2)OC1. The second-order valence-corrected chi connectivity index (χ2v) is 7.21. The first-order chi connectivity index (χ1) is 10.2. The molecule has 2 aliphatic heterocycles. The van der Waals surface area contributed by atoms with Gasteiger partial charge in [-0.05, 0) is 44.7 Å². The summed E-state index contributed by atoms with van der Waals surface area (Å²) in [6.45, 7) is 10.4. The lowest BCUT2D eigenvalue weighted by Gasteiger charge is -2.54. The van der Waals surface area contributed by atoms with E-state index < -0.39 is 0 Å². The molecule has 1 aliphatic carbocycles. The molecule has 0 aromatic rings. The van der Waals surface area contributed by atoms with Gasteiger partial charge in [0, 0.05) is 12.5 Å². The fourth-order valence-electron chi connectivity index (χ4n) is 3.88. The number of carbonyl (C=O) groups excluding carboxylic acids is 1. The first kappa shape index (κ1) is 15.3. The van der Waals surface area contributed by atoms with Crippen molar-refractivity contribution in [3.63, 3.8) is 0 Å². The molecule has 120 valence electrons. The number of ether oxygens (including phenoxy) is 1. The molecule has 0 unspecified atom stereocenters. The van der Waals surface area contributed by atoms with Crippen LogP contribution in [0.15, 0.2) is 0 Å². The smallest absolute Gasteiger partial charge is 0.225 e. The summed E-state index contributed by atoms with van der Waals surface area (Å²) in [5, 5.41) is 0. The largest absolute Gasteiger partial charge is 0.371 e. The van der Waals surface area contributed by atoms with Gasteiger partial charge in [-0.1, -0.05) is 20.3 Å². The Kier molecular flexibility index (Phi) is 4.55. The predicted molar refractivity (Wildman–Crippen MR) is 83.1 cm³/mol. The van der Waals surface area contributed by atoms with Crippen LogP contribution in [0.3, 0.4) is 0 Å². The van der Waals surface area contributed by atoms with Crippen LogP contribution >= 0.6 is 0 Å². The van der Waals surface area contributed by atoms with Crippen molar-refractivity contribution in [2.45, 2.75) is 51.6 Å². The highest BCUT2D eigenvalue weighted by Crippen LogP contribution is 2.38. The minimum absolute atomic E-state index is 0.0131. The number of nitrogens with zero attached hydrogens (tertiary/aromatic N) is 2. The molecule has 0 aromatic heterocycles. The number of hydrogen-bond acceptors (Lipinski definition) is 3. The summed E-state index contributed by atoms with van der Waals surface area (Å²) in [4.78, 5) is 16.7. The molecule has 2 heterocycles. The lowest BCUT2D eigenvalue weighted by molar-refractivity contribution is -0.193. The van der Waals surface area contributed by atoms with Crippen molar-refractivity contribution < 1.29 is 9.53 Å². The van der Waals surface area contributed by atoms with Crippen molar-refractivity contribution >= 4 is 5.91 Å². The fraction of sp³-hybridized carbons (Fsp3) is 0.941. The number of likely N-dealkylation sites (tertiary alicyclic amines) is 1. The summed E-state index contributed by atoms with van der Waals surface area (Å²) in [6, 6.07) is 0. The molecule has 4 heteroatoms. The van der Waals surface area contributed by atoms with E-state index in [4.69, 9.17) is 4.74 Å². The van der Waals surface area contributed by atoms with E-state index in [0.29, 0.717) is 17.7 Å². The van der Waals surface area contributed by atoms with Crippen LogP contribution in [0.2, 0.25) is 0 Å². The van der Waals surface area contributed by atoms with Crippen LogP contribution in [0.25, 0.3) is 0 Å². The highest BCUT2D eigenvalue weighted by molar-refractivity contribution is 5.80. The molecule has 2 saturated heterocycles. The van der Waals surface area contributed by atoms with Crippen LogP contribution in [0.4, 0.5) is 0 Å². The van der Waals surface area contributed by atoms with Gasteiger partial charge in [0.05, 0.1) is 19.7 Å². The second-order valence-electron chi connectivity index (χ2n) is 7.21. The molecule has 1 saturated carbocycles. The summed E-state index contributed by atoms with van der Waals surface area (Å²) >= 11 is 0. The van der Waals surface area contributed by atoms with E-state index in [1.807, 2.05) is 4.90 Å². The van der Waals surface area contributed by atoms with Crippen molar-refractivity contribution in [2.75, 3.05) is 39.3 Å². The number of hydrogen-bond donors (Lipinski definition) is 0. The van der Waals surface area contributed by atoms with Gasteiger partial charge < -0.3 is 14.5 Å². The summed E-state index contributed by atoms with van der Waals surface area (Å²) in [5.41, 5.74) is 0.0131. The zero-order valence-corrected chi connectivity index (χ0v) is 13.6. The molecule has 0 radical (unpaired) electrons. The third-order valence-corrected chi connectivity index (χ3v) is 5.77. The van der Waals surface area contributed by atoms with Crippen LogP contribution in [0, 0.1) is 11.8 Å². The second kappa shape index (κ2) is 6.25. The molecule has 0 N–H and O–H groups in total. The monoisotopic (exact) mass is 294 g/mol. The lowest BCUT2D eigenvalue weighted by atomic mass is 9.79. The maximum atomic E-state index is 12.2. The molecule has 21 heavy (non-hydrogen) atoms. The molecule has 3 fully saturated rings. The Morgan fingerprint density at radius 1 is 1.24 bits per heavy atom. The maximum absolute atomic E-state index is 12.2. The topological polar surface area (TPSA) is 32.8 Å². The quantitative estimate of drug-likeness (QED) is 0.779. The molecular weight excluding hydrogens is 264 g/mol. The van der Waals surface area contributed by atoms with E-state index in [1.54, 1.807) is 0 Å². The molecular formula is C17H30N2O2. The molecule has 0 aromatic carbocycles. The van der Waals surface area contributed by atoms with Gasteiger partial charge >= 0.3 is 0 Å². The molecule has 4 nitrogen and oxygen atoms in total. The lowest BCUT2D eigenvalue weighted by Crippen LogP contribution is -2.67. The average molecular weight is 294 g/mol. The number of amides is 1. The highest BCUT2D eigenvalue weighted by atomic mass is 16.5. The van der Waals surface area contributed by atoms with E-state index in [2.05, 4.69) is 18.7 Å². The van der Waals surface area contributed by atoms with Crippen molar-refractivity contribution in [1.82, 2.24) is 9.80 Å². The number of carbonyl (C=O) groups is 1. The molecule has 1 amide bonds. The third-order valence-electron chi connectivity index (χ3n) is 5.77. The highest BCUT2D eigenvalue weighted by Gasteiger charge is 2.49. The van der Waals surface area contributed by atoms with E-state index in [0.717, 1.165) is 58.6 Å². The fourth-order valence-corrected chi connectivity index (χ4v) is 3.88. The first-order valence-electron chi connectivity index (χ1n) is 8.81. The predicted octanol–water partition coefficient (Wildman–Crippen LogP) is 2.14. The minimum atomic E-state index is 0.0131. The Hall–Kier alpha value is -0.610. The van der Waals surface area contributed by atoms with Crippen LogP contribution < -0.4 is 0 Å². The molecule has 1 atom stereocenters. The average Bonchev–Trinajstić information content (AvgIpc) is 2.41. The van der Waals surface area contributed by atoms with E-state index in [-0.39, 0.29) is 5.60 Å². The standard InChI is InChI=1S/C17H30N2O2/c1-3-18(4-2)10-14-8-9-17(21-11-14)12-19(13-17)16(20)15-6-5-7-15/h14-15H,3-13H2,1-2H3/t14-/m1/s1. The van der Waals surface area contributed by atoms with Gasteiger partial charge in [-0.3, -0.25) is 4.79 Å². The van der Waals surface area contributed by atoms with Gasteiger partial charge in [0.2, 0.25) is 5.91 Å². The van der Waals surface area contributed by atoms with E-state index >= 15 is 0 Å². The Bertz CT molecular complexity index is 361. The third kappa shape index (κ3) is 3.11. The van der Waals surface area contributed by atoms with Crippen molar-refractivity contribution in [1.29, 1.82) is 0 Å². The summed E-state index contributed by atoms with van der Waals surface area (Å²) < 4.78 is 6.20. The van der Waals surface area contributed by atoms with Crippen LogP contribution in [0.5, 0.6) is 0 Å². The summed E-state index contributed by atoms with van der Waals surface area (Å²) in [7, 11) is 0. The minimum Gasteiger partial charge on any atom is -0.371 e. The van der Waals surface area contributed by atoms with Crippen LogP contribution in [0.1, 0.15) is 46.0 Å². The molecule has 1 spiro atoms. The number of rotatable bonds is 5. The Labute approximate surface area is 128 Å². The Balaban J connectivity index is 1.41. The molecule has 0 bridgehead atoms. The Morgan fingerprint density at radius 2 is 1.95 bits per heavy atom. The maximum Gasteiger partial charge on any atom is 0.225 e. The van der Waals surface area contributed by atoms with Crippen molar-refractivity contribution in [2.24, 2.45) is 11.8 Å². The van der Waals surface area contributed by atoms with Gasteiger partial charge in [0.25, 0.3) is 0 Å². The first-order valence-corrected chi connectivity index (χ1v) is 8.81.